The molecule has 0 radical (unpaired) electrons. The Hall–Kier alpha value is -3.26. The van der Waals surface area contributed by atoms with Crippen molar-refractivity contribution in [3.05, 3.63) is 111 Å². The Morgan fingerprint density at radius 3 is 2.51 bits per heavy atom. The molecule has 0 saturated heterocycles. The number of oxazole rings is 1. The lowest BCUT2D eigenvalue weighted by molar-refractivity contribution is 0.0951. The molecule has 0 saturated carbocycles. The lowest BCUT2D eigenvalue weighted by Gasteiger charge is -2.35. The Morgan fingerprint density at radius 1 is 1.05 bits per heavy atom. The minimum Gasteiger partial charge on any atom is -0.449 e. The fourth-order valence-corrected chi connectivity index (χ4v) is 5.33. The molecule has 1 amide bonds. The first-order valence-corrected chi connectivity index (χ1v) is 14.1. The van der Waals surface area contributed by atoms with Gasteiger partial charge in [-0.1, -0.05) is 67.4 Å². The third kappa shape index (κ3) is 7.44. The number of hydrogen-bond donors (Lipinski definition) is 1. The first-order chi connectivity index (χ1) is 19.1. The number of aromatic nitrogens is 3. The van der Waals surface area contributed by atoms with Gasteiger partial charge in [-0.05, 0) is 42.0 Å². The summed E-state index contributed by atoms with van der Waals surface area (Å²) < 4.78 is 5.49. The summed E-state index contributed by atoms with van der Waals surface area (Å²) in [5.74, 6) is 0.408. The Kier molecular flexibility index (Phi) is 10.5. The molecule has 1 N–H and O–H groups in total. The van der Waals surface area contributed by atoms with Gasteiger partial charge in [-0.25, -0.2) is 4.98 Å². The summed E-state index contributed by atoms with van der Waals surface area (Å²) in [5.41, 5.74) is 4.91. The Labute approximate surface area is 239 Å². The molecule has 1 aromatic carbocycles. The number of halogens is 2. The van der Waals surface area contributed by atoms with E-state index in [9.17, 15) is 4.79 Å². The minimum atomic E-state index is -0.331. The first-order valence-electron chi connectivity index (χ1n) is 13.3. The average Bonchev–Trinajstić information content (AvgIpc) is 3.49. The zero-order valence-electron chi connectivity index (χ0n) is 22.2. The predicted molar refractivity (Wildman–Crippen MR) is 154 cm³/mol. The van der Waals surface area contributed by atoms with E-state index in [1.807, 2.05) is 38.2 Å². The molecule has 0 spiro atoms. The van der Waals surface area contributed by atoms with Crippen molar-refractivity contribution in [3.8, 4) is 0 Å². The van der Waals surface area contributed by atoms with E-state index in [-0.39, 0.29) is 27.6 Å². The molecule has 1 unspecified atom stereocenters. The van der Waals surface area contributed by atoms with E-state index in [1.165, 1.54) is 29.2 Å². The molecule has 39 heavy (non-hydrogen) atoms. The van der Waals surface area contributed by atoms with Gasteiger partial charge < -0.3 is 9.73 Å². The second-order valence-electron chi connectivity index (χ2n) is 9.08. The highest BCUT2D eigenvalue weighted by Crippen LogP contribution is 2.34. The first kappa shape index (κ1) is 28.7. The Morgan fingerprint density at radius 2 is 1.79 bits per heavy atom. The summed E-state index contributed by atoms with van der Waals surface area (Å²) >= 11 is 12.2. The normalized spacial score (nSPS) is 14.3. The van der Waals surface area contributed by atoms with Crippen molar-refractivity contribution < 1.29 is 9.21 Å². The number of rotatable bonds is 9. The molecule has 0 bridgehead atoms. The van der Waals surface area contributed by atoms with Gasteiger partial charge in [0, 0.05) is 44.6 Å². The van der Waals surface area contributed by atoms with Crippen LogP contribution < -0.4 is 5.32 Å². The van der Waals surface area contributed by atoms with Gasteiger partial charge in [0.05, 0.1) is 33.5 Å². The SMILES string of the molecule is CC.O=C(NCc1ccc(CN(CCc2ncco2)C2CCCc3cccnc32)cc1)c1c(Cl)cncc1Cl. The lowest BCUT2D eigenvalue weighted by Crippen LogP contribution is -2.33. The van der Waals surface area contributed by atoms with E-state index in [1.54, 1.807) is 12.5 Å². The number of nitrogens with zero attached hydrogens (tertiary/aromatic N) is 4. The number of carbonyl (C=O) groups is 1. The van der Waals surface area contributed by atoms with Crippen molar-refractivity contribution in [3.63, 3.8) is 0 Å². The largest absolute Gasteiger partial charge is 0.449 e. The molecule has 3 heterocycles. The van der Waals surface area contributed by atoms with Crippen molar-refractivity contribution in [1.29, 1.82) is 0 Å². The highest BCUT2D eigenvalue weighted by Gasteiger charge is 2.27. The van der Waals surface area contributed by atoms with Crippen molar-refractivity contribution in [2.24, 2.45) is 0 Å². The van der Waals surface area contributed by atoms with Gasteiger partial charge in [0.1, 0.15) is 6.26 Å². The molecule has 9 heteroatoms. The zero-order valence-corrected chi connectivity index (χ0v) is 23.8. The van der Waals surface area contributed by atoms with Crippen LogP contribution in [0.25, 0.3) is 0 Å². The molecule has 7 nitrogen and oxygen atoms in total. The Bertz CT molecular complexity index is 1330. The topological polar surface area (TPSA) is 84.2 Å². The van der Waals surface area contributed by atoms with E-state index >= 15 is 0 Å². The van der Waals surface area contributed by atoms with E-state index in [0.717, 1.165) is 50.2 Å². The quantitative estimate of drug-likeness (QED) is 0.239. The zero-order chi connectivity index (χ0) is 27.6. The van der Waals surface area contributed by atoms with Crippen molar-refractivity contribution >= 4 is 29.1 Å². The summed E-state index contributed by atoms with van der Waals surface area (Å²) in [5, 5.41) is 3.34. The van der Waals surface area contributed by atoms with E-state index < -0.39 is 0 Å². The summed E-state index contributed by atoms with van der Waals surface area (Å²) in [4.78, 5) is 28.0. The van der Waals surface area contributed by atoms with Crippen LogP contribution in [0, 0.1) is 0 Å². The van der Waals surface area contributed by atoms with Gasteiger partial charge in [-0.2, -0.15) is 0 Å². The fourth-order valence-electron chi connectivity index (χ4n) is 4.80. The van der Waals surface area contributed by atoms with E-state index in [4.69, 9.17) is 32.6 Å². The fraction of sp³-hybridized carbons (Fsp3) is 0.333. The van der Waals surface area contributed by atoms with Gasteiger partial charge in [0.25, 0.3) is 5.91 Å². The highest BCUT2D eigenvalue weighted by molar-refractivity contribution is 6.39. The molecular weight excluding hydrogens is 533 g/mol. The standard InChI is InChI=1S/C28H27Cl2N5O2.C2H6/c29-22-16-31-17-23(30)26(22)28(36)34-15-19-6-8-20(9-7-19)18-35(13-10-25-32-12-14-37-25)24-5-1-3-21-4-2-11-33-27(21)24;1-2/h2,4,6-9,11-12,14,16-17,24H,1,3,5,10,13,15,18H2,(H,34,36);1-2H3. The van der Waals surface area contributed by atoms with Crippen LogP contribution in [0.3, 0.4) is 0 Å². The van der Waals surface area contributed by atoms with Gasteiger partial charge in [-0.15, -0.1) is 0 Å². The molecule has 0 fully saturated rings. The number of amides is 1. The average molecular weight is 567 g/mol. The number of pyridine rings is 2. The maximum absolute atomic E-state index is 12.6. The number of aryl methyl sites for hydroxylation is 1. The van der Waals surface area contributed by atoms with Crippen LogP contribution in [-0.2, 0) is 25.9 Å². The smallest absolute Gasteiger partial charge is 0.254 e. The molecule has 1 atom stereocenters. The number of carbonyl (C=O) groups excluding carboxylic acids is 1. The van der Waals surface area contributed by atoms with E-state index in [0.29, 0.717) is 6.54 Å². The summed E-state index contributed by atoms with van der Waals surface area (Å²) in [6.45, 7) is 5.95. The molecule has 4 aromatic rings. The van der Waals surface area contributed by atoms with Crippen LogP contribution in [0.4, 0.5) is 0 Å². The van der Waals surface area contributed by atoms with Crippen molar-refractivity contribution in [1.82, 2.24) is 25.2 Å². The molecule has 0 aliphatic heterocycles. The maximum atomic E-state index is 12.6. The van der Waals surface area contributed by atoms with Crippen LogP contribution >= 0.6 is 23.2 Å². The van der Waals surface area contributed by atoms with Crippen LogP contribution in [0.1, 0.15) is 71.4 Å². The monoisotopic (exact) mass is 565 g/mol. The highest BCUT2D eigenvalue weighted by atomic mass is 35.5. The molecule has 3 aromatic heterocycles. The molecule has 5 rings (SSSR count). The molecule has 1 aliphatic carbocycles. The second-order valence-corrected chi connectivity index (χ2v) is 9.89. The van der Waals surface area contributed by atoms with Crippen LogP contribution in [0.2, 0.25) is 10.0 Å². The number of benzene rings is 1. The Balaban J connectivity index is 0.00000172. The van der Waals surface area contributed by atoms with Crippen LogP contribution in [0.15, 0.2) is 71.9 Å². The summed E-state index contributed by atoms with van der Waals surface area (Å²) in [6.07, 6.45) is 12.0. The number of fused-ring (bicyclic) bond motifs is 1. The second kappa shape index (κ2) is 14.2. The van der Waals surface area contributed by atoms with Gasteiger partial charge in [0.15, 0.2) is 5.89 Å². The van der Waals surface area contributed by atoms with Crippen LogP contribution in [-0.4, -0.2) is 32.3 Å². The van der Waals surface area contributed by atoms with Gasteiger partial charge in [-0.3, -0.25) is 19.7 Å². The van der Waals surface area contributed by atoms with Gasteiger partial charge in [0.2, 0.25) is 0 Å². The summed E-state index contributed by atoms with van der Waals surface area (Å²) in [6, 6.07) is 12.7. The lowest BCUT2D eigenvalue weighted by atomic mass is 9.90. The van der Waals surface area contributed by atoms with E-state index in [2.05, 4.69) is 38.4 Å². The number of hydrogen-bond acceptors (Lipinski definition) is 6. The molecule has 204 valence electrons. The maximum Gasteiger partial charge on any atom is 0.254 e. The third-order valence-corrected chi connectivity index (χ3v) is 7.22. The van der Waals surface area contributed by atoms with Gasteiger partial charge >= 0.3 is 0 Å². The van der Waals surface area contributed by atoms with Crippen molar-refractivity contribution in [2.75, 3.05) is 6.54 Å². The van der Waals surface area contributed by atoms with Crippen molar-refractivity contribution in [2.45, 2.75) is 58.7 Å². The number of nitrogens with one attached hydrogen (secondary N) is 1. The molecular formula is C30H33Cl2N5O2. The predicted octanol–water partition coefficient (Wildman–Crippen LogP) is 6.85. The van der Waals surface area contributed by atoms with Crippen LogP contribution in [0.5, 0.6) is 0 Å². The molecule has 1 aliphatic rings. The minimum absolute atomic E-state index is 0.226. The third-order valence-electron chi connectivity index (χ3n) is 6.64. The summed E-state index contributed by atoms with van der Waals surface area (Å²) in [7, 11) is 0.